The van der Waals surface area contributed by atoms with Crippen LogP contribution in [0.5, 0.6) is 0 Å². The molecule has 1 unspecified atom stereocenters. The zero-order chi connectivity index (χ0) is 12.7. The average Bonchev–Trinajstić information content (AvgIpc) is 2.96. The van der Waals surface area contributed by atoms with Gasteiger partial charge in [0.2, 0.25) is 0 Å². The highest BCUT2D eigenvalue weighted by Crippen LogP contribution is 2.27. The lowest BCUT2D eigenvalue weighted by molar-refractivity contribution is -0.140. The third kappa shape index (κ3) is 1.72. The zero-order valence-electron chi connectivity index (χ0n) is 10.2. The Balaban J connectivity index is 1.89. The molecule has 1 aromatic carbocycles. The van der Waals surface area contributed by atoms with Gasteiger partial charge < -0.3 is 10.0 Å². The summed E-state index contributed by atoms with van der Waals surface area (Å²) >= 11 is 0. The van der Waals surface area contributed by atoms with Crippen molar-refractivity contribution in [3.05, 3.63) is 24.4 Å². The number of fused-ring (bicyclic) bond motifs is 1. The van der Waals surface area contributed by atoms with Gasteiger partial charge >= 0.3 is 5.97 Å². The molecule has 1 atom stereocenters. The van der Waals surface area contributed by atoms with Gasteiger partial charge in [0.15, 0.2) is 0 Å². The van der Waals surface area contributed by atoms with E-state index in [1.807, 2.05) is 30.1 Å². The van der Waals surface area contributed by atoms with E-state index >= 15 is 0 Å². The first-order valence-electron chi connectivity index (χ1n) is 6.04. The first kappa shape index (κ1) is 11.1. The molecule has 0 amide bonds. The Kier molecular flexibility index (Phi) is 2.47. The van der Waals surface area contributed by atoms with E-state index < -0.39 is 5.97 Å². The van der Waals surface area contributed by atoms with Crippen molar-refractivity contribution in [3.63, 3.8) is 0 Å². The number of rotatable bonds is 2. The summed E-state index contributed by atoms with van der Waals surface area (Å²) in [6.07, 6.45) is 2.56. The minimum Gasteiger partial charge on any atom is -0.481 e. The maximum Gasteiger partial charge on any atom is 0.308 e. The van der Waals surface area contributed by atoms with Gasteiger partial charge in [-0.15, -0.1) is 0 Å². The van der Waals surface area contributed by atoms with Crippen LogP contribution in [0.4, 0.5) is 5.69 Å². The van der Waals surface area contributed by atoms with Crippen LogP contribution in [0.2, 0.25) is 0 Å². The molecule has 1 N–H and O–H groups in total. The number of nitrogens with zero attached hydrogens (tertiary/aromatic N) is 3. The Morgan fingerprint density at radius 3 is 3.06 bits per heavy atom. The maximum atomic E-state index is 11.0. The third-order valence-corrected chi connectivity index (χ3v) is 3.63. The van der Waals surface area contributed by atoms with E-state index in [0.717, 1.165) is 29.6 Å². The van der Waals surface area contributed by atoms with Crippen LogP contribution in [0, 0.1) is 5.92 Å². The quantitative estimate of drug-likeness (QED) is 0.870. The predicted molar refractivity (Wildman–Crippen MR) is 68.7 cm³/mol. The number of carboxylic acid groups (broad SMARTS) is 1. The fourth-order valence-electron chi connectivity index (χ4n) is 2.54. The molecule has 2 heterocycles. The van der Waals surface area contributed by atoms with Crippen molar-refractivity contribution in [1.82, 2.24) is 9.78 Å². The van der Waals surface area contributed by atoms with Crippen LogP contribution in [0.15, 0.2) is 24.4 Å². The lowest BCUT2D eigenvalue weighted by Gasteiger charge is -2.18. The molecule has 5 heteroatoms. The Morgan fingerprint density at radius 2 is 2.33 bits per heavy atom. The SMILES string of the molecule is Cn1ncc2cc(N3CCC(C(=O)O)C3)ccc21. The van der Waals surface area contributed by atoms with Crippen LogP contribution in [0.1, 0.15) is 6.42 Å². The molecule has 3 rings (SSSR count). The highest BCUT2D eigenvalue weighted by atomic mass is 16.4. The monoisotopic (exact) mass is 245 g/mol. The Bertz CT molecular complexity index is 605. The van der Waals surface area contributed by atoms with Gasteiger partial charge in [-0.3, -0.25) is 9.48 Å². The number of aromatic nitrogens is 2. The molecule has 2 aromatic rings. The van der Waals surface area contributed by atoms with Gasteiger partial charge in [0.05, 0.1) is 17.6 Å². The summed E-state index contributed by atoms with van der Waals surface area (Å²) in [6, 6.07) is 6.15. The largest absolute Gasteiger partial charge is 0.481 e. The summed E-state index contributed by atoms with van der Waals surface area (Å²) in [7, 11) is 1.91. The first-order chi connectivity index (χ1) is 8.65. The van der Waals surface area contributed by atoms with Gasteiger partial charge in [0.1, 0.15) is 0 Å². The van der Waals surface area contributed by atoms with Crippen LogP contribution < -0.4 is 4.90 Å². The minimum absolute atomic E-state index is 0.241. The average molecular weight is 245 g/mol. The number of benzene rings is 1. The number of carbonyl (C=O) groups is 1. The molecule has 5 nitrogen and oxygen atoms in total. The normalized spacial score (nSPS) is 19.6. The second-order valence-corrected chi connectivity index (χ2v) is 4.78. The van der Waals surface area contributed by atoms with Crippen molar-refractivity contribution in [2.75, 3.05) is 18.0 Å². The molecule has 1 aliphatic heterocycles. The van der Waals surface area contributed by atoms with Crippen LogP contribution in [-0.4, -0.2) is 33.9 Å². The molecule has 0 aliphatic carbocycles. The van der Waals surface area contributed by atoms with Gasteiger partial charge in [0.25, 0.3) is 0 Å². The van der Waals surface area contributed by atoms with Crippen LogP contribution in [0.25, 0.3) is 10.9 Å². The molecule has 1 aliphatic rings. The smallest absolute Gasteiger partial charge is 0.308 e. The van der Waals surface area contributed by atoms with Gasteiger partial charge in [-0.1, -0.05) is 0 Å². The fraction of sp³-hybridized carbons (Fsp3) is 0.385. The molecule has 1 saturated heterocycles. The summed E-state index contributed by atoms with van der Waals surface area (Å²) in [6.45, 7) is 1.41. The summed E-state index contributed by atoms with van der Waals surface area (Å²) in [4.78, 5) is 13.1. The number of hydrogen-bond donors (Lipinski definition) is 1. The lowest BCUT2D eigenvalue weighted by atomic mass is 10.1. The van der Waals surface area contributed by atoms with Crippen LogP contribution >= 0.6 is 0 Å². The zero-order valence-corrected chi connectivity index (χ0v) is 10.2. The highest BCUT2D eigenvalue weighted by molar-refractivity contribution is 5.83. The molecule has 94 valence electrons. The molecule has 1 fully saturated rings. The van der Waals surface area contributed by atoms with Crippen LogP contribution in [-0.2, 0) is 11.8 Å². The van der Waals surface area contributed by atoms with Crippen molar-refractivity contribution in [1.29, 1.82) is 0 Å². The lowest BCUT2D eigenvalue weighted by Crippen LogP contribution is -2.22. The van der Waals surface area contributed by atoms with E-state index in [1.54, 1.807) is 0 Å². The summed E-state index contributed by atoms with van der Waals surface area (Å²) < 4.78 is 1.84. The number of aliphatic carboxylic acids is 1. The molecule has 18 heavy (non-hydrogen) atoms. The van der Waals surface area contributed by atoms with Gasteiger partial charge in [0, 0.05) is 31.2 Å². The first-order valence-corrected chi connectivity index (χ1v) is 6.04. The molecular formula is C13H15N3O2. The number of hydrogen-bond acceptors (Lipinski definition) is 3. The van der Waals surface area contributed by atoms with E-state index in [9.17, 15) is 4.79 Å². The fourth-order valence-corrected chi connectivity index (χ4v) is 2.54. The van der Waals surface area contributed by atoms with Crippen molar-refractivity contribution in [2.24, 2.45) is 13.0 Å². The third-order valence-electron chi connectivity index (χ3n) is 3.63. The molecule has 0 bridgehead atoms. The van der Waals surface area contributed by atoms with Crippen molar-refractivity contribution >= 4 is 22.6 Å². The number of carboxylic acids is 1. The standard InChI is InChI=1S/C13H15N3O2/c1-15-12-3-2-11(6-10(12)7-14-15)16-5-4-9(8-16)13(17)18/h2-3,6-7,9H,4-5,8H2,1H3,(H,17,18). The molecule has 0 spiro atoms. The molecule has 0 radical (unpaired) electrons. The predicted octanol–water partition coefficient (Wildman–Crippen LogP) is 1.48. The van der Waals surface area contributed by atoms with Crippen molar-refractivity contribution in [3.8, 4) is 0 Å². The Morgan fingerprint density at radius 1 is 1.50 bits per heavy atom. The van der Waals surface area contributed by atoms with E-state index in [4.69, 9.17) is 5.11 Å². The number of aryl methyl sites for hydroxylation is 1. The van der Waals surface area contributed by atoms with E-state index in [1.165, 1.54) is 0 Å². The Hall–Kier alpha value is -2.04. The molecule has 1 aromatic heterocycles. The van der Waals surface area contributed by atoms with E-state index in [2.05, 4.69) is 16.1 Å². The summed E-state index contributed by atoms with van der Waals surface area (Å²) in [5.41, 5.74) is 2.17. The van der Waals surface area contributed by atoms with Gasteiger partial charge in [-0.05, 0) is 24.6 Å². The van der Waals surface area contributed by atoms with E-state index in [-0.39, 0.29) is 5.92 Å². The van der Waals surface area contributed by atoms with Gasteiger partial charge in [-0.2, -0.15) is 5.10 Å². The Labute approximate surface area is 105 Å². The number of anilines is 1. The maximum absolute atomic E-state index is 11.0. The minimum atomic E-state index is -0.694. The van der Waals surface area contributed by atoms with Crippen LogP contribution in [0.3, 0.4) is 0 Å². The summed E-state index contributed by atoms with van der Waals surface area (Å²) in [5.74, 6) is -0.936. The van der Waals surface area contributed by atoms with Gasteiger partial charge in [-0.25, -0.2) is 0 Å². The second kappa shape index (κ2) is 4.01. The molecular weight excluding hydrogens is 230 g/mol. The summed E-state index contributed by atoms with van der Waals surface area (Å²) in [5, 5.41) is 14.3. The highest BCUT2D eigenvalue weighted by Gasteiger charge is 2.28. The van der Waals surface area contributed by atoms with Crippen molar-refractivity contribution < 1.29 is 9.90 Å². The second-order valence-electron chi connectivity index (χ2n) is 4.78. The van der Waals surface area contributed by atoms with Crippen molar-refractivity contribution in [2.45, 2.75) is 6.42 Å². The topological polar surface area (TPSA) is 58.4 Å². The molecule has 0 saturated carbocycles. The van der Waals surface area contributed by atoms with E-state index in [0.29, 0.717) is 6.54 Å².